The third kappa shape index (κ3) is 2.15. The third-order valence-electron chi connectivity index (χ3n) is 2.01. The Kier molecular flexibility index (Phi) is 3.52. The van der Waals surface area contributed by atoms with E-state index in [-0.39, 0.29) is 0 Å². The second kappa shape index (κ2) is 4.21. The highest BCUT2D eigenvalue weighted by Crippen LogP contribution is 2.20. The molecule has 0 aromatic heterocycles. The maximum absolute atomic E-state index is 5.23. The fourth-order valence-electron chi connectivity index (χ4n) is 1.27. The van der Waals surface area contributed by atoms with Crippen molar-refractivity contribution in [1.29, 1.82) is 0 Å². The summed E-state index contributed by atoms with van der Waals surface area (Å²) in [5.74, 6) is 0.696. The summed E-state index contributed by atoms with van der Waals surface area (Å²) in [6.07, 6.45) is 2.30. The summed E-state index contributed by atoms with van der Waals surface area (Å²) in [7, 11) is 1.95. The van der Waals surface area contributed by atoms with Gasteiger partial charge in [-0.25, -0.2) is 0 Å². The normalized spacial score (nSPS) is 24.6. The van der Waals surface area contributed by atoms with Crippen molar-refractivity contribution in [3.05, 3.63) is 0 Å². The van der Waals surface area contributed by atoms with Crippen LogP contribution in [0.25, 0.3) is 0 Å². The van der Waals surface area contributed by atoms with Crippen LogP contribution in [0.3, 0.4) is 0 Å². The molecule has 1 aliphatic heterocycles. The van der Waals surface area contributed by atoms with Gasteiger partial charge in [0.05, 0.1) is 5.37 Å². The average Bonchev–Trinajstić information content (AvgIpc) is 2.05. The highest BCUT2D eigenvalue weighted by Gasteiger charge is 2.19. The van der Waals surface area contributed by atoms with E-state index >= 15 is 0 Å². The quantitative estimate of drug-likeness (QED) is 0.463. The van der Waals surface area contributed by atoms with Crippen molar-refractivity contribution >= 4 is 12.6 Å². The Hall–Kier alpha value is 0.270. The lowest BCUT2D eigenvalue weighted by atomic mass is 10.0. The van der Waals surface area contributed by atoms with Gasteiger partial charge >= 0.3 is 0 Å². The molecule has 0 spiro atoms. The highest BCUT2D eigenvalue weighted by molar-refractivity contribution is 7.80. The Labute approximate surface area is 67.7 Å². The van der Waals surface area contributed by atoms with Gasteiger partial charge in [0.15, 0.2) is 0 Å². The molecule has 1 heterocycles. The standard InChI is InChI=1S/C7H15NOS/c1-8-7(10)6-2-4-9-5-3-6/h6-8,10H,2-5H2,1H3. The fraction of sp³-hybridized carbons (Fsp3) is 1.00. The van der Waals surface area contributed by atoms with Gasteiger partial charge in [0, 0.05) is 13.2 Å². The van der Waals surface area contributed by atoms with E-state index in [1.54, 1.807) is 0 Å². The SMILES string of the molecule is CNC(S)C1CCOCC1. The Bertz CT molecular complexity index is 93.6. The largest absolute Gasteiger partial charge is 0.381 e. The molecule has 1 unspecified atom stereocenters. The van der Waals surface area contributed by atoms with Crippen molar-refractivity contribution in [3.8, 4) is 0 Å². The predicted molar refractivity (Wildman–Crippen MR) is 45.4 cm³/mol. The zero-order valence-electron chi connectivity index (χ0n) is 6.34. The van der Waals surface area contributed by atoms with Crippen molar-refractivity contribution < 1.29 is 4.74 Å². The van der Waals surface area contributed by atoms with Crippen LogP contribution in [0.15, 0.2) is 0 Å². The van der Waals surface area contributed by atoms with Crippen LogP contribution in [-0.4, -0.2) is 25.6 Å². The lowest BCUT2D eigenvalue weighted by molar-refractivity contribution is 0.0640. The molecule has 10 heavy (non-hydrogen) atoms. The predicted octanol–water partition coefficient (Wildman–Crippen LogP) is 0.888. The van der Waals surface area contributed by atoms with Crippen LogP contribution in [0.4, 0.5) is 0 Å². The van der Waals surface area contributed by atoms with Gasteiger partial charge in [-0.05, 0) is 25.8 Å². The molecule has 0 aromatic carbocycles. The van der Waals surface area contributed by atoms with Crippen molar-refractivity contribution in [1.82, 2.24) is 5.32 Å². The van der Waals surface area contributed by atoms with E-state index in [9.17, 15) is 0 Å². The van der Waals surface area contributed by atoms with Crippen molar-refractivity contribution in [2.75, 3.05) is 20.3 Å². The zero-order chi connectivity index (χ0) is 7.40. The van der Waals surface area contributed by atoms with E-state index in [1.165, 1.54) is 0 Å². The summed E-state index contributed by atoms with van der Waals surface area (Å²) in [6, 6.07) is 0. The summed E-state index contributed by atoms with van der Waals surface area (Å²) in [5, 5.41) is 3.49. The second-order valence-corrected chi connectivity index (χ2v) is 3.24. The molecule has 1 aliphatic rings. The van der Waals surface area contributed by atoms with Gasteiger partial charge in [-0.15, -0.1) is 0 Å². The fourth-order valence-corrected chi connectivity index (χ4v) is 1.57. The summed E-state index contributed by atoms with van der Waals surface area (Å²) < 4.78 is 5.23. The summed E-state index contributed by atoms with van der Waals surface area (Å²) >= 11 is 4.41. The number of nitrogens with one attached hydrogen (secondary N) is 1. The topological polar surface area (TPSA) is 21.3 Å². The third-order valence-corrected chi connectivity index (χ3v) is 2.69. The average molecular weight is 161 g/mol. The Morgan fingerprint density at radius 3 is 2.60 bits per heavy atom. The molecular formula is C7H15NOS. The van der Waals surface area contributed by atoms with E-state index in [2.05, 4.69) is 17.9 Å². The van der Waals surface area contributed by atoms with E-state index in [0.29, 0.717) is 11.3 Å². The number of thiol groups is 1. The van der Waals surface area contributed by atoms with Crippen molar-refractivity contribution in [2.45, 2.75) is 18.2 Å². The first kappa shape index (κ1) is 8.37. The van der Waals surface area contributed by atoms with Crippen LogP contribution < -0.4 is 5.32 Å². The van der Waals surface area contributed by atoms with Gasteiger partial charge < -0.3 is 10.1 Å². The van der Waals surface area contributed by atoms with Gasteiger partial charge in [-0.2, -0.15) is 12.6 Å². The lowest BCUT2D eigenvalue weighted by Crippen LogP contribution is -2.32. The minimum Gasteiger partial charge on any atom is -0.381 e. The van der Waals surface area contributed by atoms with Gasteiger partial charge in [-0.1, -0.05) is 0 Å². The van der Waals surface area contributed by atoms with E-state index in [0.717, 1.165) is 26.1 Å². The molecule has 1 N–H and O–H groups in total. The molecule has 0 aromatic rings. The molecule has 2 nitrogen and oxygen atoms in total. The van der Waals surface area contributed by atoms with Crippen LogP contribution in [0.2, 0.25) is 0 Å². The van der Waals surface area contributed by atoms with E-state index < -0.39 is 0 Å². The number of ether oxygens (including phenoxy) is 1. The van der Waals surface area contributed by atoms with Gasteiger partial charge in [-0.3, -0.25) is 0 Å². The highest BCUT2D eigenvalue weighted by atomic mass is 32.1. The number of hydrogen-bond donors (Lipinski definition) is 2. The van der Waals surface area contributed by atoms with Crippen LogP contribution >= 0.6 is 12.6 Å². The molecular weight excluding hydrogens is 146 g/mol. The molecule has 1 rings (SSSR count). The molecule has 0 bridgehead atoms. The molecule has 1 saturated heterocycles. The molecule has 1 fully saturated rings. The molecule has 60 valence electrons. The Morgan fingerprint density at radius 2 is 2.10 bits per heavy atom. The minimum absolute atomic E-state index is 0.351. The first-order valence-electron chi connectivity index (χ1n) is 3.77. The first-order chi connectivity index (χ1) is 4.84. The van der Waals surface area contributed by atoms with Crippen molar-refractivity contribution in [3.63, 3.8) is 0 Å². The molecule has 3 heteroatoms. The lowest BCUT2D eigenvalue weighted by Gasteiger charge is -2.26. The van der Waals surface area contributed by atoms with Gasteiger partial charge in [0.1, 0.15) is 0 Å². The Balaban J connectivity index is 2.24. The smallest absolute Gasteiger partial charge is 0.0530 e. The van der Waals surface area contributed by atoms with Gasteiger partial charge in [0.25, 0.3) is 0 Å². The molecule has 1 atom stereocenters. The number of hydrogen-bond acceptors (Lipinski definition) is 3. The molecule has 0 saturated carbocycles. The summed E-state index contributed by atoms with van der Waals surface area (Å²) in [6.45, 7) is 1.81. The second-order valence-electron chi connectivity index (χ2n) is 2.68. The van der Waals surface area contributed by atoms with Crippen LogP contribution in [0.5, 0.6) is 0 Å². The number of rotatable bonds is 2. The van der Waals surface area contributed by atoms with Gasteiger partial charge in [0.2, 0.25) is 0 Å². The van der Waals surface area contributed by atoms with E-state index in [4.69, 9.17) is 4.74 Å². The zero-order valence-corrected chi connectivity index (χ0v) is 7.23. The maximum Gasteiger partial charge on any atom is 0.0530 e. The summed E-state index contributed by atoms with van der Waals surface area (Å²) in [5.41, 5.74) is 0. The van der Waals surface area contributed by atoms with Crippen LogP contribution in [0.1, 0.15) is 12.8 Å². The van der Waals surface area contributed by atoms with Crippen LogP contribution in [-0.2, 0) is 4.74 Å². The van der Waals surface area contributed by atoms with Crippen LogP contribution in [0, 0.1) is 5.92 Å². The molecule has 0 aliphatic carbocycles. The monoisotopic (exact) mass is 161 g/mol. The summed E-state index contributed by atoms with van der Waals surface area (Å²) in [4.78, 5) is 0. The molecule has 0 radical (unpaired) electrons. The van der Waals surface area contributed by atoms with E-state index in [1.807, 2.05) is 7.05 Å². The molecule has 0 amide bonds. The van der Waals surface area contributed by atoms with Crippen molar-refractivity contribution in [2.24, 2.45) is 5.92 Å². The minimum atomic E-state index is 0.351. The Morgan fingerprint density at radius 1 is 1.50 bits per heavy atom. The first-order valence-corrected chi connectivity index (χ1v) is 4.29. The maximum atomic E-state index is 5.23.